The van der Waals surface area contributed by atoms with Crippen molar-refractivity contribution in [3.63, 3.8) is 0 Å². The van der Waals surface area contributed by atoms with Gasteiger partial charge in [-0.3, -0.25) is 0 Å². The van der Waals surface area contributed by atoms with Crippen molar-refractivity contribution >= 4 is 28.8 Å². The minimum absolute atomic E-state index is 0.195. The van der Waals surface area contributed by atoms with E-state index in [1.807, 2.05) is 43.3 Å². The van der Waals surface area contributed by atoms with Gasteiger partial charge in [0.05, 0.1) is 10.1 Å². The predicted octanol–water partition coefficient (Wildman–Crippen LogP) is 3.45. The minimum atomic E-state index is 0.195. The Morgan fingerprint density at radius 3 is 2.32 bits per heavy atom. The lowest BCUT2D eigenvalue weighted by atomic mass is 10.3. The second-order valence-corrected chi connectivity index (χ2v) is 4.58. The van der Waals surface area contributed by atoms with E-state index in [9.17, 15) is 5.21 Å². The molecule has 0 amide bonds. The maximum atomic E-state index is 11.5. The Labute approximate surface area is 116 Å². The molecule has 2 rings (SSSR count). The Kier molecular flexibility index (Phi) is 3.97. The van der Waals surface area contributed by atoms with E-state index in [-0.39, 0.29) is 5.82 Å². The van der Waals surface area contributed by atoms with Gasteiger partial charge in [0.1, 0.15) is 11.9 Å². The van der Waals surface area contributed by atoms with E-state index in [0.717, 1.165) is 5.69 Å². The molecule has 6 heteroatoms. The third kappa shape index (κ3) is 3.42. The molecule has 0 atom stereocenters. The quantitative estimate of drug-likeness (QED) is 0.490. The molecule has 0 N–H and O–H groups in total. The van der Waals surface area contributed by atoms with Gasteiger partial charge in [-0.15, -0.1) is 0 Å². The highest BCUT2D eigenvalue weighted by Crippen LogP contribution is 2.20. The fourth-order valence-corrected chi connectivity index (χ4v) is 1.60. The third-order valence-corrected chi connectivity index (χ3v) is 2.72. The summed E-state index contributed by atoms with van der Waals surface area (Å²) >= 11 is 5.68. The van der Waals surface area contributed by atoms with E-state index in [2.05, 4.69) is 10.2 Å². The molecule has 0 aliphatic rings. The number of anilines is 1. The number of hydrogen-bond acceptors (Lipinski definition) is 4. The molecule has 2 aromatic rings. The summed E-state index contributed by atoms with van der Waals surface area (Å²) in [6.07, 6.45) is 1.24. The largest absolute Gasteiger partial charge is 0.710 e. The molecule has 98 valence electrons. The zero-order chi connectivity index (χ0) is 13.8. The van der Waals surface area contributed by atoms with Gasteiger partial charge < -0.3 is 10.1 Å². The molecule has 0 bridgehead atoms. The Bertz CT molecular complexity index is 596. The van der Waals surface area contributed by atoms with E-state index in [1.165, 1.54) is 12.3 Å². The standard InChI is InChI=1S/C13H13ClN4O/c1-17(2)12-6-4-11(5-7-12)15-16-13-8-3-10(14)9-18(13)19/h3-9H,1-2H3. The number of hydrogen-bond donors (Lipinski definition) is 0. The number of benzene rings is 1. The van der Waals surface area contributed by atoms with Gasteiger partial charge in [0.2, 0.25) is 0 Å². The van der Waals surface area contributed by atoms with Gasteiger partial charge in [0.25, 0.3) is 0 Å². The molecule has 1 aromatic carbocycles. The van der Waals surface area contributed by atoms with Crippen molar-refractivity contribution in [3.05, 3.63) is 52.8 Å². The summed E-state index contributed by atoms with van der Waals surface area (Å²) < 4.78 is 0.583. The smallest absolute Gasteiger partial charge is 0.353 e. The van der Waals surface area contributed by atoms with Crippen LogP contribution in [0.4, 0.5) is 17.2 Å². The summed E-state index contributed by atoms with van der Waals surface area (Å²) in [5.74, 6) is 0.195. The molecule has 0 radical (unpaired) electrons. The average Bonchev–Trinajstić information content (AvgIpc) is 2.38. The van der Waals surface area contributed by atoms with Gasteiger partial charge in [0.15, 0.2) is 0 Å². The second-order valence-electron chi connectivity index (χ2n) is 4.14. The number of rotatable bonds is 3. The van der Waals surface area contributed by atoms with Crippen LogP contribution >= 0.6 is 11.6 Å². The molecule has 1 aromatic heterocycles. The van der Waals surface area contributed by atoms with E-state index in [0.29, 0.717) is 15.4 Å². The van der Waals surface area contributed by atoms with Gasteiger partial charge in [-0.05, 0) is 35.4 Å². The summed E-state index contributed by atoms with van der Waals surface area (Å²) in [6.45, 7) is 0. The van der Waals surface area contributed by atoms with Gasteiger partial charge >= 0.3 is 5.82 Å². The van der Waals surface area contributed by atoms with Crippen LogP contribution in [-0.2, 0) is 0 Å². The Balaban J connectivity index is 2.18. The van der Waals surface area contributed by atoms with E-state index < -0.39 is 0 Å². The van der Waals surface area contributed by atoms with Crippen LogP contribution in [-0.4, -0.2) is 14.1 Å². The lowest BCUT2D eigenvalue weighted by molar-refractivity contribution is -0.591. The summed E-state index contributed by atoms with van der Waals surface area (Å²) in [6, 6.07) is 10.7. The van der Waals surface area contributed by atoms with Gasteiger partial charge in [-0.1, -0.05) is 11.6 Å². The average molecular weight is 277 g/mol. The van der Waals surface area contributed by atoms with Crippen molar-refractivity contribution in [1.29, 1.82) is 0 Å². The molecule has 0 unspecified atom stereocenters. The fraction of sp³-hybridized carbons (Fsp3) is 0.154. The molecule has 0 spiro atoms. The fourth-order valence-electron chi connectivity index (χ4n) is 1.45. The summed E-state index contributed by atoms with van der Waals surface area (Å²) in [7, 11) is 3.93. The molecular formula is C13H13ClN4O. The monoisotopic (exact) mass is 276 g/mol. The lowest BCUT2D eigenvalue weighted by Gasteiger charge is -2.11. The Hall–Kier alpha value is -2.14. The molecule has 5 nitrogen and oxygen atoms in total. The van der Waals surface area contributed by atoms with Crippen molar-refractivity contribution in [1.82, 2.24) is 0 Å². The maximum absolute atomic E-state index is 11.5. The summed E-state index contributed by atoms with van der Waals surface area (Å²) in [5.41, 5.74) is 1.75. The van der Waals surface area contributed by atoms with Gasteiger partial charge in [-0.2, -0.15) is 0 Å². The van der Waals surface area contributed by atoms with Crippen molar-refractivity contribution in [3.8, 4) is 0 Å². The summed E-state index contributed by atoms with van der Waals surface area (Å²) in [4.78, 5) is 1.99. The molecular weight excluding hydrogens is 264 g/mol. The number of halogens is 1. The van der Waals surface area contributed by atoms with Crippen LogP contribution in [0.2, 0.25) is 5.02 Å². The first-order valence-electron chi connectivity index (χ1n) is 5.64. The lowest BCUT2D eigenvalue weighted by Crippen LogP contribution is -2.25. The minimum Gasteiger partial charge on any atom is -0.710 e. The van der Waals surface area contributed by atoms with Crippen LogP contribution in [0.15, 0.2) is 52.8 Å². The van der Waals surface area contributed by atoms with Crippen LogP contribution < -0.4 is 9.63 Å². The maximum Gasteiger partial charge on any atom is 0.353 e. The molecule has 0 aliphatic carbocycles. The van der Waals surface area contributed by atoms with Crippen LogP contribution in [0, 0.1) is 5.21 Å². The zero-order valence-electron chi connectivity index (χ0n) is 10.6. The molecule has 0 saturated carbocycles. The normalized spacial score (nSPS) is 10.9. The summed E-state index contributed by atoms with van der Waals surface area (Å²) in [5, 5.41) is 19.7. The highest BCUT2D eigenvalue weighted by molar-refractivity contribution is 6.30. The first-order chi connectivity index (χ1) is 9.06. The Morgan fingerprint density at radius 1 is 1.05 bits per heavy atom. The van der Waals surface area contributed by atoms with Gasteiger partial charge in [0, 0.05) is 25.8 Å². The first-order valence-corrected chi connectivity index (χ1v) is 6.02. The highest BCUT2D eigenvalue weighted by Gasteiger charge is 2.04. The molecule has 0 aliphatic heterocycles. The highest BCUT2D eigenvalue weighted by atomic mass is 35.5. The van der Waals surface area contributed by atoms with Crippen LogP contribution in [0.1, 0.15) is 0 Å². The van der Waals surface area contributed by atoms with Crippen molar-refractivity contribution in [2.45, 2.75) is 0 Å². The molecule has 0 fully saturated rings. The number of azo groups is 1. The molecule has 0 saturated heterocycles. The second kappa shape index (κ2) is 5.67. The predicted molar refractivity (Wildman–Crippen MR) is 75.4 cm³/mol. The van der Waals surface area contributed by atoms with E-state index >= 15 is 0 Å². The number of pyridine rings is 1. The SMILES string of the molecule is CN(C)c1ccc(N=Nc2ccc(Cl)c[n+]2[O-])cc1. The van der Waals surface area contributed by atoms with Crippen molar-refractivity contribution in [2.75, 3.05) is 19.0 Å². The number of aromatic nitrogens is 1. The van der Waals surface area contributed by atoms with Crippen molar-refractivity contribution in [2.24, 2.45) is 10.2 Å². The topological polar surface area (TPSA) is 54.9 Å². The zero-order valence-corrected chi connectivity index (χ0v) is 11.4. The van der Waals surface area contributed by atoms with Crippen LogP contribution in [0.3, 0.4) is 0 Å². The van der Waals surface area contributed by atoms with Crippen LogP contribution in [0.25, 0.3) is 0 Å². The van der Waals surface area contributed by atoms with E-state index in [1.54, 1.807) is 6.07 Å². The van der Waals surface area contributed by atoms with Crippen LogP contribution in [0.5, 0.6) is 0 Å². The van der Waals surface area contributed by atoms with E-state index in [4.69, 9.17) is 11.6 Å². The number of nitrogens with zero attached hydrogens (tertiary/aromatic N) is 4. The first kappa shape index (κ1) is 13.3. The molecule has 1 heterocycles. The third-order valence-electron chi connectivity index (χ3n) is 2.49. The Morgan fingerprint density at radius 2 is 1.74 bits per heavy atom. The molecule has 19 heavy (non-hydrogen) atoms. The van der Waals surface area contributed by atoms with Crippen molar-refractivity contribution < 1.29 is 4.73 Å². The van der Waals surface area contributed by atoms with Gasteiger partial charge in [-0.25, -0.2) is 4.73 Å².